The number of rotatable bonds is 2. The molecule has 2 N–H and O–H groups in total. The van der Waals surface area contributed by atoms with Crippen molar-refractivity contribution in [3.05, 3.63) is 41.8 Å². The second kappa shape index (κ2) is 3.92. The smallest absolute Gasteiger partial charge is 0.339 e. The maximum atomic E-state index is 13.1. The summed E-state index contributed by atoms with van der Waals surface area (Å²) in [5, 5.41) is 16.2. The van der Waals surface area contributed by atoms with Gasteiger partial charge in [-0.25, -0.2) is 9.18 Å². The summed E-state index contributed by atoms with van der Waals surface area (Å²) in [5.41, 5.74) is 0.561. The predicted octanol–water partition coefficient (Wildman–Crippen LogP) is 3.13. The Morgan fingerprint density at radius 2 is 2.22 bits per heavy atom. The summed E-state index contributed by atoms with van der Waals surface area (Å²) in [5.74, 6) is -1.35. The summed E-state index contributed by atoms with van der Waals surface area (Å²) >= 11 is 1.39. The Morgan fingerprint density at radius 3 is 3.00 bits per heavy atom. The van der Waals surface area contributed by atoms with Gasteiger partial charge in [0.15, 0.2) is 0 Å². The van der Waals surface area contributed by atoms with Gasteiger partial charge in [0.25, 0.3) is 0 Å². The minimum atomic E-state index is -1.04. The SMILES string of the molecule is O=C(O)c1cn[nH]c1-c1cc2cc(F)ccc2s1. The Bertz CT molecular complexity index is 747. The van der Waals surface area contributed by atoms with E-state index in [0.29, 0.717) is 5.69 Å². The zero-order chi connectivity index (χ0) is 12.7. The van der Waals surface area contributed by atoms with Gasteiger partial charge in [-0.1, -0.05) is 0 Å². The van der Waals surface area contributed by atoms with E-state index < -0.39 is 5.97 Å². The van der Waals surface area contributed by atoms with Crippen molar-refractivity contribution in [1.29, 1.82) is 0 Å². The third-order valence-corrected chi connectivity index (χ3v) is 3.73. The fourth-order valence-electron chi connectivity index (χ4n) is 1.77. The highest BCUT2D eigenvalue weighted by Crippen LogP contribution is 2.34. The summed E-state index contributed by atoms with van der Waals surface area (Å²) in [6.45, 7) is 0. The molecule has 1 aromatic carbocycles. The van der Waals surface area contributed by atoms with Gasteiger partial charge in [0.05, 0.1) is 16.8 Å². The van der Waals surface area contributed by atoms with Crippen molar-refractivity contribution in [3.8, 4) is 10.6 Å². The first kappa shape index (κ1) is 10.9. The molecule has 0 bridgehead atoms. The Morgan fingerprint density at radius 1 is 1.39 bits per heavy atom. The van der Waals surface area contributed by atoms with Crippen molar-refractivity contribution in [2.75, 3.05) is 0 Å². The number of H-pyrrole nitrogens is 1. The van der Waals surface area contributed by atoms with Gasteiger partial charge in [-0.05, 0) is 29.7 Å². The number of benzene rings is 1. The number of hydrogen-bond donors (Lipinski definition) is 2. The lowest BCUT2D eigenvalue weighted by Crippen LogP contribution is -1.95. The van der Waals surface area contributed by atoms with Gasteiger partial charge in [-0.3, -0.25) is 5.10 Å². The Balaban J connectivity index is 2.19. The molecule has 0 amide bonds. The van der Waals surface area contributed by atoms with E-state index in [1.54, 1.807) is 12.1 Å². The molecule has 0 aliphatic rings. The van der Waals surface area contributed by atoms with Gasteiger partial charge >= 0.3 is 5.97 Å². The summed E-state index contributed by atoms with van der Waals surface area (Å²) in [6.07, 6.45) is 1.27. The lowest BCUT2D eigenvalue weighted by molar-refractivity contribution is 0.0698. The number of aromatic carboxylic acids is 1. The van der Waals surface area contributed by atoms with Crippen LogP contribution in [0.2, 0.25) is 0 Å². The standard InChI is InChI=1S/C12H7FN2O2S/c13-7-1-2-9-6(3-7)4-10(18-9)11-8(12(16)17)5-14-15-11/h1-5H,(H,14,15)(H,16,17). The van der Waals surface area contributed by atoms with E-state index in [2.05, 4.69) is 10.2 Å². The molecule has 0 spiro atoms. The van der Waals surface area contributed by atoms with Gasteiger partial charge in [0, 0.05) is 4.70 Å². The topological polar surface area (TPSA) is 66.0 Å². The molecule has 18 heavy (non-hydrogen) atoms. The number of carboxylic acid groups (broad SMARTS) is 1. The van der Waals surface area contributed by atoms with Crippen LogP contribution in [0.25, 0.3) is 20.7 Å². The molecule has 2 aromatic heterocycles. The number of nitrogens with zero attached hydrogens (tertiary/aromatic N) is 1. The Kier molecular flexibility index (Phi) is 2.38. The van der Waals surface area contributed by atoms with Crippen LogP contribution >= 0.6 is 11.3 Å². The highest BCUT2D eigenvalue weighted by Gasteiger charge is 2.16. The van der Waals surface area contributed by atoms with Crippen LogP contribution < -0.4 is 0 Å². The number of hydrogen-bond acceptors (Lipinski definition) is 3. The van der Waals surface area contributed by atoms with E-state index in [4.69, 9.17) is 5.11 Å². The first-order chi connectivity index (χ1) is 8.65. The van der Waals surface area contributed by atoms with Crippen LogP contribution in [0.1, 0.15) is 10.4 Å². The fraction of sp³-hybridized carbons (Fsp3) is 0. The van der Waals surface area contributed by atoms with Gasteiger partial charge in [0.1, 0.15) is 11.4 Å². The van der Waals surface area contributed by atoms with Gasteiger partial charge < -0.3 is 5.11 Å². The highest BCUT2D eigenvalue weighted by molar-refractivity contribution is 7.22. The normalized spacial score (nSPS) is 10.9. The van der Waals surface area contributed by atoms with E-state index in [9.17, 15) is 9.18 Å². The Labute approximate surface area is 105 Å². The summed E-state index contributed by atoms with van der Waals surface area (Å²) < 4.78 is 14.0. The van der Waals surface area contributed by atoms with Crippen molar-refractivity contribution in [1.82, 2.24) is 10.2 Å². The van der Waals surface area contributed by atoms with Gasteiger partial charge in [0.2, 0.25) is 0 Å². The molecule has 0 aliphatic heterocycles. The number of carbonyl (C=O) groups is 1. The van der Waals surface area contributed by atoms with Crippen molar-refractivity contribution < 1.29 is 14.3 Å². The van der Waals surface area contributed by atoms with Crippen LogP contribution in [0.15, 0.2) is 30.5 Å². The number of nitrogens with one attached hydrogen (secondary N) is 1. The van der Waals surface area contributed by atoms with E-state index >= 15 is 0 Å². The molecule has 90 valence electrons. The van der Waals surface area contributed by atoms with Crippen LogP contribution in [0.5, 0.6) is 0 Å². The van der Waals surface area contributed by atoms with E-state index in [1.807, 2.05) is 0 Å². The molecule has 0 fully saturated rings. The summed E-state index contributed by atoms with van der Waals surface area (Å²) in [4.78, 5) is 11.7. The van der Waals surface area contributed by atoms with Crippen molar-refractivity contribution in [2.24, 2.45) is 0 Å². The number of fused-ring (bicyclic) bond motifs is 1. The second-order valence-corrected chi connectivity index (χ2v) is 4.84. The quantitative estimate of drug-likeness (QED) is 0.745. The molecule has 2 heterocycles. The average molecular weight is 262 g/mol. The predicted molar refractivity (Wildman–Crippen MR) is 66.3 cm³/mol. The molecule has 4 nitrogen and oxygen atoms in total. The van der Waals surface area contributed by atoms with E-state index in [1.165, 1.54) is 29.7 Å². The van der Waals surface area contributed by atoms with Gasteiger partial charge in [-0.15, -0.1) is 11.3 Å². The number of carboxylic acids is 1. The zero-order valence-electron chi connectivity index (χ0n) is 8.98. The van der Waals surface area contributed by atoms with Crippen LogP contribution in [-0.2, 0) is 0 Å². The minimum absolute atomic E-state index is 0.113. The van der Waals surface area contributed by atoms with Crippen molar-refractivity contribution in [2.45, 2.75) is 0 Å². The molecular formula is C12H7FN2O2S. The van der Waals surface area contributed by atoms with Crippen LogP contribution in [0, 0.1) is 5.82 Å². The number of halogens is 1. The van der Waals surface area contributed by atoms with Crippen LogP contribution in [0.4, 0.5) is 4.39 Å². The molecule has 0 saturated heterocycles. The van der Waals surface area contributed by atoms with Crippen LogP contribution in [-0.4, -0.2) is 21.3 Å². The number of thiophene rings is 1. The van der Waals surface area contributed by atoms with Crippen LogP contribution in [0.3, 0.4) is 0 Å². The summed E-state index contributed by atoms with van der Waals surface area (Å²) in [7, 11) is 0. The molecule has 0 unspecified atom stereocenters. The first-order valence-corrected chi connectivity index (χ1v) is 5.93. The third kappa shape index (κ3) is 1.67. The van der Waals surface area contributed by atoms with Gasteiger partial charge in [-0.2, -0.15) is 5.10 Å². The largest absolute Gasteiger partial charge is 0.478 e. The monoisotopic (exact) mass is 262 g/mol. The summed E-state index contributed by atoms with van der Waals surface area (Å²) in [6, 6.07) is 6.23. The maximum absolute atomic E-state index is 13.1. The molecular weight excluding hydrogens is 255 g/mol. The molecule has 0 saturated carbocycles. The Hall–Kier alpha value is -2.21. The van der Waals surface area contributed by atoms with E-state index in [-0.39, 0.29) is 11.4 Å². The second-order valence-electron chi connectivity index (χ2n) is 3.76. The number of aromatic nitrogens is 2. The van der Waals surface area contributed by atoms with Crippen molar-refractivity contribution in [3.63, 3.8) is 0 Å². The first-order valence-electron chi connectivity index (χ1n) is 5.11. The zero-order valence-corrected chi connectivity index (χ0v) is 9.79. The maximum Gasteiger partial charge on any atom is 0.339 e. The molecule has 3 aromatic rings. The molecule has 3 rings (SSSR count). The molecule has 0 atom stereocenters. The molecule has 0 radical (unpaired) electrons. The minimum Gasteiger partial charge on any atom is -0.478 e. The highest BCUT2D eigenvalue weighted by atomic mass is 32.1. The lowest BCUT2D eigenvalue weighted by atomic mass is 10.2. The average Bonchev–Trinajstić information content (AvgIpc) is 2.93. The van der Waals surface area contributed by atoms with E-state index in [0.717, 1.165) is 15.0 Å². The number of aromatic amines is 1. The fourth-order valence-corrected chi connectivity index (χ4v) is 2.83. The third-order valence-electron chi connectivity index (χ3n) is 2.59. The molecule has 0 aliphatic carbocycles. The van der Waals surface area contributed by atoms with Crippen molar-refractivity contribution >= 4 is 27.4 Å². The molecule has 6 heteroatoms. The lowest BCUT2D eigenvalue weighted by Gasteiger charge is -1.93.